The summed E-state index contributed by atoms with van der Waals surface area (Å²) in [5, 5.41) is 3.46. The third-order valence-corrected chi connectivity index (χ3v) is 4.82. The molecule has 108 valence electrons. The fourth-order valence-corrected chi connectivity index (χ4v) is 3.95. The van der Waals surface area contributed by atoms with Crippen molar-refractivity contribution in [2.45, 2.75) is 51.2 Å². The number of aromatic nitrogens is 1. The van der Waals surface area contributed by atoms with E-state index in [2.05, 4.69) is 17.2 Å². The number of nitrogens with zero attached hydrogens (tertiary/aromatic N) is 1. The minimum absolute atomic E-state index is 0.209. The predicted octanol–water partition coefficient (Wildman–Crippen LogP) is 4.18. The first-order valence-electron chi connectivity index (χ1n) is 6.63. The van der Waals surface area contributed by atoms with Crippen molar-refractivity contribution in [2.75, 3.05) is 7.05 Å². The summed E-state index contributed by atoms with van der Waals surface area (Å²) in [7, 11) is 1.65. The number of hydrogen-bond donors (Lipinski definition) is 1. The number of alkyl halides is 3. The van der Waals surface area contributed by atoms with Crippen LogP contribution in [0.15, 0.2) is 0 Å². The lowest BCUT2D eigenvalue weighted by Crippen LogP contribution is -2.14. The van der Waals surface area contributed by atoms with Crippen LogP contribution in [0.2, 0.25) is 0 Å². The van der Waals surface area contributed by atoms with Crippen molar-refractivity contribution in [3.8, 4) is 0 Å². The highest BCUT2D eigenvalue weighted by Gasteiger charge is 2.38. The summed E-state index contributed by atoms with van der Waals surface area (Å²) in [6.07, 6.45) is -0.148. The standard InChI is InChI=1S/C13H19F3N2S/c1-8-4-3-5-9(6-8)12-18-11(13(14,15)16)10(19-12)7-17-2/h8-9,17H,3-7H2,1-2H3. The van der Waals surface area contributed by atoms with Crippen molar-refractivity contribution in [3.05, 3.63) is 15.6 Å². The molecular formula is C13H19F3N2S. The average molecular weight is 292 g/mol. The van der Waals surface area contributed by atoms with Gasteiger partial charge in [0, 0.05) is 12.5 Å². The van der Waals surface area contributed by atoms with Crippen LogP contribution in [0.1, 0.15) is 54.1 Å². The molecule has 0 aliphatic heterocycles. The van der Waals surface area contributed by atoms with Crippen molar-refractivity contribution in [3.63, 3.8) is 0 Å². The Balaban J connectivity index is 2.26. The van der Waals surface area contributed by atoms with Gasteiger partial charge in [-0.25, -0.2) is 4.98 Å². The molecule has 1 aromatic rings. The van der Waals surface area contributed by atoms with Gasteiger partial charge in [0.1, 0.15) is 0 Å². The number of nitrogens with one attached hydrogen (secondary N) is 1. The van der Waals surface area contributed by atoms with Gasteiger partial charge in [-0.1, -0.05) is 19.8 Å². The summed E-state index contributed by atoms with van der Waals surface area (Å²) < 4.78 is 38.8. The number of rotatable bonds is 3. The van der Waals surface area contributed by atoms with Gasteiger partial charge in [0.05, 0.1) is 9.88 Å². The molecule has 1 N–H and O–H groups in total. The van der Waals surface area contributed by atoms with Crippen molar-refractivity contribution < 1.29 is 13.2 Å². The molecule has 1 aliphatic rings. The van der Waals surface area contributed by atoms with E-state index >= 15 is 0 Å². The van der Waals surface area contributed by atoms with Gasteiger partial charge in [-0.2, -0.15) is 13.2 Å². The first-order chi connectivity index (χ1) is 8.91. The highest BCUT2D eigenvalue weighted by atomic mass is 32.1. The van der Waals surface area contributed by atoms with E-state index in [1.54, 1.807) is 7.05 Å². The van der Waals surface area contributed by atoms with Crippen LogP contribution in [-0.4, -0.2) is 12.0 Å². The molecule has 1 fully saturated rings. The third-order valence-electron chi connectivity index (χ3n) is 3.61. The number of thiazole rings is 1. The van der Waals surface area contributed by atoms with Crippen molar-refractivity contribution >= 4 is 11.3 Å². The SMILES string of the molecule is CNCc1sc(C2CCCC(C)C2)nc1C(F)(F)F. The second-order valence-electron chi connectivity index (χ2n) is 5.32. The van der Waals surface area contributed by atoms with Gasteiger partial charge in [0.15, 0.2) is 5.69 Å². The van der Waals surface area contributed by atoms with Gasteiger partial charge in [0.2, 0.25) is 0 Å². The van der Waals surface area contributed by atoms with Crippen LogP contribution in [0.3, 0.4) is 0 Å². The molecule has 0 saturated heterocycles. The Hall–Kier alpha value is -0.620. The van der Waals surface area contributed by atoms with Crippen LogP contribution in [0.4, 0.5) is 13.2 Å². The fraction of sp³-hybridized carbons (Fsp3) is 0.769. The van der Waals surface area contributed by atoms with E-state index in [4.69, 9.17) is 0 Å². The molecule has 0 radical (unpaired) electrons. The lowest BCUT2D eigenvalue weighted by molar-refractivity contribution is -0.141. The first-order valence-corrected chi connectivity index (χ1v) is 7.45. The Bertz CT molecular complexity index is 428. The molecule has 0 aromatic carbocycles. The molecule has 2 atom stereocenters. The summed E-state index contributed by atoms with van der Waals surface area (Å²) >= 11 is 1.23. The quantitative estimate of drug-likeness (QED) is 0.904. The maximum absolute atomic E-state index is 12.9. The van der Waals surface area contributed by atoms with Gasteiger partial charge >= 0.3 is 6.18 Å². The Morgan fingerprint density at radius 3 is 2.68 bits per heavy atom. The lowest BCUT2D eigenvalue weighted by atomic mass is 9.83. The molecule has 1 heterocycles. The minimum Gasteiger partial charge on any atom is -0.315 e. The van der Waals surface area contributed by atoms with Crippen LogP contribution in [0.5, 0.6) is 0 Å². The molecule has 0 bridgehead atoms. The smallest absolute Gasteiger partial charge is 0.315 e. The summed E-state index contributed by atoms with van der Waals surface area (Å²) in [4.78, 5) is 4.22. The Labute approximate surface area is 115 Å². The van der Waals surface area contributed by atoms with Crippen LogP contribution in [0.25, 0.3) is 0 Å². The van der Waals surface area contributed by atoms with Crippen molar-refractivity contribution in [1.82, 2.24) is 10.3 Å². The lowest BCUT2D eigenvalue weighted by Gasteiger charge is -2.24. The highest BCUT2D eigenvalue weighted by Crippen LogP contribution is 2.41. The molecule has 2 unspecified atom stereocenters. The summed E-state index contributed by atoms with van der Waals surface area (Å²) in [6, 6.07) is 0. The first kappa shape index (κ1) is 14.8. The maximum atomic E-state index is 12.9. The third kappa shape index (κ3) is 3.48. The zero-order chi connectivity index (χ0) is 14.0. The van der Waals surface area contributed by atoms with E-state index in [0.717, 1.165) is 19.3 Å². The second kappa shape index (κ2) is 5.79. The molecule has 2 rings (SSSR count). The van der Waals surface area contributed by atoms with Crippen LogP contribution in [-0.2, 0) is 12.7 Å². The van der Waals surface area contributed by atoms with E-state index in [9.17, 15) is 13.2 Å². The molecular weight excluding hydrogens is 273 g/mol. The molecule has 0 amide bonds. The van der Waals surface area contributed by atoms with Gasteiger partial charge in [0.25, 0.3) is 0 Å². The van der Waals surface area contributed by atoms with Crippen molar-refractivity contribution in [2.24, 2.45) is 5.92 Å². The van der Waals surface area contributed by atoms with Crippen molar-refractivity contribution in [1.29, 1.82) is 0 Å². The fourth-order valence-electron chi connectivity index (χ4n) is 2.70. The van der Waals surface area contributed by atoms with E-state index in [1.807, 2.05) is 0 Å². The van der Waals surface area contributed by atoms with E-state index in [0.29, 0.717) is 15.8 Å². The predicted molar refractivity (Wildman–Crippen MR) is 70.3 cm³/mol. The second-order valence-corrected chi connectivity index (χ2v) is 6.44. The Morgan fingerprint density at radius 1 is 1.37 bits per heavy atom. The van der Waals surface area contributed by atoms with E-state index in [1.165, 1.54) is 17.8 Å². The number of hydrogen-bond acceptors (Lipinski definition) is 3. The summed E-state index contributed by atoms with van der Waals surface area (Å²) in [5.74, 6) is 0.796. The largest absolute Gasteiger partial charge is 0.434 e. The summed E-state index contributed by atoms with van der Waals surface area (Å²) in [5.41, 5.74) is -0.694. The maximum Gasteiger partial charge on any atom is 0.434 e. The number of halogens is 3. The van der Waals surface area contributed by atoms with E-state index < -0.39 is 11.9 Å². The molecule has 2 nitrogen and oxygen atoms in total. The highest BCUT2D eigenvalue weighted by molar-refractivity contribution is 7.11. The Kier molecular flexibility index (Phi) is 4.50. The molecule has 1 aromatic heterocycles. The topological polar surface area (TPSA) is 24.9 Å². The van der Waals surface area contributed by atoms with E-state index in [-0.39, 0.29) is 12.5 Å². The zero-order valence-corrected chi connectivity index (χ0v) is 12.0. The van der Waals surface area contributed by atoms with Crippen LogP contribution in [0, 0.1) is 5.92 Å². The molecule has 1 saturated carbocycles. The monoisotopic (exact) mass is 292 g/mol. The zero-order valence-electron chi connectivity index (χ0n) is 11.2. The van der Waals surface area contributed by atoms with Crippen LogP contribution < -0.4 is 5.32 Å². The average Bonchev–Trinajstić information content (AvgIpc) is 2.73. The molecule has 6 heteroatoms. The molecule has 19 heavy (non-hydrogen) atoms. The molecule has 1 aliphatic carbocycles. The minimum atomic E-state index is -4.35. The van der Waals surface area contributed by atoms with Crippen LogP contribution >= 0.6 is 11.3 Å². The Morgan fingerprint density at radius 2 is 2.11 bits per heavy atom. The normalized spacial score (nSPS) is 24.7. The van der Waals surface area contributed by atoms with Gasteiger partial charge in [-0.3, -0.25) is 0 Å². The molecule has 0 spiro atoms. The summed E-state index contributed by atoms with van der Waals surface area (Å²) in [6.45, 7) is 2.40. The van der Waals surface area contributed by atoms with Gasteiger partial charge < -0.3 is 5.32 Å². The van der Waals surface area contributed by atoms with Gasteiger partial charge in [-0.05, 0) is 25.8 Å². The van der Waals surface area contributed by atoms with Gasteiger partial charge in [-0.15, -0.1) is 11.3 Å².